The van der Waals surface area contributed by atoms with Gasteiger partial charge in [-0.15, -0.1) is 9.78 Å². The lowest BCUT2D eigenvalue weighted by Crippen LogP contribution is -2.19. The zero-order chi connectivity index (χ0) is 30.1. The maximum Gasteiger partial charge on any atom is 0.350 e. The minimum Gasteiger partial charge on any atom is -0.497 e. The fraction of sp³-hybridized carbons (Fsp3) is 0.231. The second-order valence-corrected chi connectivity index (χ2v) is 8.55. The summed E-state index contributed by atoms with van der Waals surface area (Å²) >= 11 is 0. The molecule has 7 N–H and O–H groups in total. The van der Waals surface area contributed by atoms with Gasteiger partial charge in [0.15, 0.2) is 17.4 Å². The molecule has 0 radical (unpaired) electrons. The van der Waals surface area contributed by atoms with E-state index in [1.54, 1.807) is 30.3 Å². The highest BCUT2D eigenvalue weighted by Gasteiger charge is 2.27. The number of aliphatic hydroxyl groups is 1. The Kier molecular flexibility index (Phi) is 10.1. The Morgan fingerprint density at radius 3 is 2.44 bits per heavy atom. The van der Waals surface area contributed by atoms with E-state index in [-0.39, 0.29) is 41.3 Å². The van der Waals surface area contributed by atoms with Gasteiger partial charge in [0, 0.05) is 42.2 Å². The summed E-state index contributed by atoms with van der Waals surface area (Å²) in [6, 6.07) is 9.92. The molecule has 2 atom stereocenters. The van der Waals surface area contributed by atoms with Crippen molar-refractivity contribution in [2.24, 2.45) is 5.73 Å². The third-order valence-corrected chi connectivity index (χ3v) is 5.22. The van der Waals surface area contributed by atoms with Crippen molar-refractivity contribution in [3.63, 3.8) is 0 Å². The molecular formula is C26H29FN8O6. The molecule has 2 aromatic heterocycles. The monoisotopic (exact) mass is 568 g/mol. The highest BCUT2D eigenvalue weighted by atomic mass is 19.1. The number of nitrogens with one attached hydrogen (secondary N) is 3. The van der Waals surface area contributed by atoms with Crippen molar-refractivity contribution in [1.29, 1.82) is 5.41 Å². The van der Waals surface area contributed by atoms with Gasteiger partial charge in [-0.3, -0.25) is 15.2 Å². The molecule has 0 aliphatic heterocycles. The zero-order valence-corrected chi connectivity index (χ0v) is 22.3. The number of aromatic nitrogens is 5. The van der Waals surface area contributed by atoms with Crippen molar-refractivity contribution >= 4 is 17.5 Å². The van der Waals surface area contributed by atoms with Crippen molar-refractivity contribution in [1.82, 2.24) is 24.7 Å². The number of nitrogens with two attached hydrogens (primary N) is 1. The molecule has 0 bridgehead atoms. The van der Waals surface area contributed by atoms with Crippen LogP contribution in [0.3, 0.4) is 0 Å². The minimum absolute atomic E-state index is 0.0339. The summed E-state index contributed by atoms with van der Waals surface area (Å²) in [6.45, 7) is 2.45. The number of methoxy groups -OCH3 is 1. The Morgan fingerprint density at radius 2 is 1.88 bits per heavy atom. The lowest BCUT2D eigenvalue weighted by atomic mass is 10.0. The molecule has 2 unspecified atom stereocenters. The van der Waals surface area contributed by atoms with Crippen molar-refractivity contribution < 1.29 is 28.9 Å². The minimum atomic E-state index is -1.04. The molecule has 0 fully saturated rings. The van der Waals surface area contributed by atoms with Crippen molar-refractivity contribution in [2.45, 2.75) is 26.0 Å². The molecule has 0 spiro atoms. The number of nitrogen functional groups attached to an aromatic ring is 1. The summed E-state index contributed by atoms with van der Waals surface area (Å²) < 4.78 is 27.6. The summed E-state index contributed by atoms with van der Waals surface area (Å²) in [6.07, 6.45) is 2.09. The van der Waals surface area contributed by atoms with E-state index in [1.807, 2.05) is 0 Å². The molecule has 41 heavy (non-hydrogen) atoms. The number of amidine groups is 1. The number of carboxylic acids is 1. The van der Waals surface area contributed by atoms with Gasteiger partial charge in [-0.25, -0.2) is 19.2 Å². The van der Waals surface area contributed by atoms with E-state index < -0.39 is 29.6 Å². The Bertz CT molecular complexity index is 1540. The number of anilines is 1. The quantitative estimate of drug-likeness (QED) is 0.120. The van der Waals surface area contributed by atoms with E-state index >= 15 is 4.39 Å². The number of aliphatic hydroxyl groups excluding tert-OH is 1. The van der Waals surface area contributed by atoms with Crippen LogP contribution in [0.1, 0.15) is 36.8 Å². The molecule has 0 aliphatic carbocycles. The summed E-state index contributed by atoms with van der Waals surface area (Å²) in [5, 5.41) is 32.1. The molecule has 4 rings (SSSR count). The number of benzene rings is 2. The first kappa shape index (κ1) is 30.2. The number of ether oxygens (including phenoxy) is 2. The topological polar surface area (TPSA) is 214 Å². The summed E-state index contributed by atoms with van der Waals surface area (Å²) in [5.41, 5.74) is 5.98. The number of halogens is 1. The number of hydrogen-bond acceptors (Lipinski definition) is 10. The molecule has 4 aromatic rings. The Morgan fingerprint density at radius 1 is 1.24 bits per heavy atom. The number of H-pyrrole nitrogens is 1. The smallest absolute Gasteiger partial charge is 0.350 e. The van der Waals surface area contributed by atoms with E-state index in [1.165, 1.54) is 38.6 Å². The first-order chi connectivity index (χ1) is 19.5. The van der Waals surface area contributed by atoms with Crippen LogP contribution in [0.15, 0.2) is 59.7 Å². The number of nitrogens with zero attached hydrogens (tertiary/aromatic N) is 4. The van der Waals surface area contributed by atoms with E-state index in [9.17, 15) is 9.90 Å². The van der Waals surface area contributed by atoms with Gasteiger partial charge in [-0.1, -0.05) is 0 Å². The van der Waals surface area contributed by atoms with Crippen LogP contribution >= 0.6 is 0 Å². The van der Waals surface area contributed by atoms with Crippen molar-refractivity contribution in [3.8, 4) is 17.4 Å². The fourth-order valence-corrected chi connectivity index (χ4v) is 3.45. The van der Waals surface area contributed by atoms with Crippen molar-refractivity contribution in [2.75, 3.05) is 19.0 Å². The molecule has 2 aromatic carbocycles. The van der Waals surface area contributed by atoms with Gasteiger partial charge in [-0.05, 0) is 43.3 Å². The van der Waals surface area contributed by atoms with Crippen LogP contribution in [0.2, 0.25) is 0 Å². The number of carboxylic acid groups (broad SMARTS) is 1. The fourth-order valence-electron chi connectivity index (χ4n) is 3.45. The van der Waals surface area contributed by atoms with Crippen LogP contribution in [0, 0.1) is 11.2 Å². The van der Waals surface area contributed by atoms with Gasteiger partial charge >= 0.3 is 5.69 Å². The molecule has 0 saturated carbocycles. The summed E-state index contributed by atoms with van der Waals surface area (Å²) in [4.78, 5) is 32.5. The summed E-state index contributed by atoms with van der Waals surface area (Å²) in [7, 11) is 1.42. The lowest BCUT2D eigenvalue weighted by molar-refractivity contribution is -0.134. The van der Waals surface area contributed by atoms with Crippen LogP contribution in [-0.4, -0.2) is 66.6 Å². The third-order valence-electron chi connectivity index (χ3n) is 5.22. The highest BCUT2D eigenvalue weighted by molar-refractivity contribution is 5.95. The van der Waals surface area contributed by atoms with Crippen LogP contribution in [0.25, 0.3) is 5.95 Å². The van der Waals surface area contributed by atoms with Gasteiger partial charge in [0.2, 0.25) is 0 Å². The predicted molar refractivity (Wildman–Crippen MR) is 146 cm³/mol. The number of hydrogen-bond donors (Lipinski definition) is 6. The second-order valence-electron chi connectivity index (χ2n) is 8.55. The van der Waals surface area contributed by atoms with Gasteiger partial charge < -0.3 is 30.7 Å². The van der Waals surface area contributed by atoms with E-state index in [2.05, 4.69) is 25.4 Å². The van der Waals surface area contributed by atoms with Gasteiger partial charge in [0.1, 0.15) is 24.2 Å². The van der Waals surface area contributed by atoms with Crippen molar-refractivity contribution in [3.05, 3.63) is 88.1 Å². The van der Waals surface area contributed by atoms with Gasteiger partial charge in [-0.2, -0.15) is 0 Å². The number of carbonyl (C=O) groups is 1. The normalized spacial score (nSPS) is 11.9. The first-order valence-corrected chi connectivity index (χ1v) is 12.1. The molecule has 0 saturated heterocycles. The molecular weight excluding hydrogens is 539 g/mol. The van der Waals surface area contributed by atoms with Crippen LogP contribution < -0.4 is 26.2 Å². The first-order valence-electron chi connectivity index (χ1n) is 12.1. The van der Waals surface area contributed by atoms with Crippen LogP contribution in [0.4, 0.5) is 10.1 Å². The standard InChI is InChI=1S/C24H25FN8O4.C2H4O2/c1-13(34)12-37-18-11-16(36-2)10-17(19(18)25)20(30-15-6-4-14(5-7-15)21(26)27)22-31-24(35)33(32-22)23-28-8-3-9-29-23;1-2(3)4/h3-11,13,20,30,34H,12H2,1-2H3,(H3,26,27)(H,31,32,35);1H3,(H,3,4). The number of rotatable bonds is 10. The lowest BCUT2D eigenvalue weighted by Gasteiger charge is -2.21. The van der Waals surface area contributed by atoms with Crippen LogP contribution in [-0.2, 0) is 4.79 Å². The summed E-state index contributed by atoms with van der Waals surface area (Å²) in [5.74, 6) is -1.46. The molecule has 15 heteroatoms. The highest BCUT2D eigenvalue weighted by Crippen LogP contribution is 2.35. The number of aliphatic carboxylic acids is 1. The average molecular weight is 569 g/mol. The average Bonchev–Trinajstić information content (AvgIpc) is 3.32. The van der Waals surface area contributed by atoms with Gasteiger partial charge in [0.05, 0.1) is 13.2 Å². The largest absolute Gasteiger partial charge is 0.497 e. The molecule has 14 nitrogen and oxygen atoms in total. The number of aromatic amines is 1. The molecule has 0 aliphatic rings. The second kappa shape index (κ2) is 13.7. The molecule has 0 amide bonds. The molecule has 216 valence electrons. The molecule has 2 heterocycles. The predicted octanol–water partition coefficient (Wildman–Crippen LogP) is 1.83. The van der Waals surface area contributed by atoms with E-state index in [0.29, 0.717) is 11.3 Å². The van der Waals surface area contributed by atoms with Crippen LogP contribution in [0.5, 0.6) is 11.5 Å². The Labute approximate surface area is 233 Å². The van der Waals surface area contributed by atoms with E-state index in [4.69, 9.17) is 30.5 Å². The Balaban J connectivity index is 0.00000108. The van der Waals surface area contributed by atoms with E-state index in [0.717, 1.165) is 11.6 Å². The SMILES string of the molecule is CC(=O)O.COc1cc(OCC(C)O)c(F)c(C(Nc2ccc(C(=N)N)cc2)c2nn(-c3ncccn3)c(=O)[nH]2)c1. The zero-order valence-electron chi connectivity index (χ0n) is 22.3. The third kappa shape index (κ3) is 8.09. The Hall–Kier alpha value is -5.31. The van der Waals surface area contributed by atoms with Gasteiger partial charge in [0.25, 0.3) is 11.9 Å². The maximum atomic E-state index is 15.8. The maximum absolute atomic E-state index is 15.8.